The summed E-state index contributed by atoms with van der Waals surface area (Å²) in [5.74, 6) is 0.840. The van der Waals surface area contributed by atoms with Crippen LogP contribution in [0.15, 0.2) is 18.2 Å². The van der Waals surface area contributed by atoms with Crippen LogP contribution in [0.2, 0.25) is 0 Å². The Morgan fingerprint density at radius 3 is 2.61 bits per heavy atom. The van der Waals surface area contributed by atoms with E-state index in [1.165, 1.54) is 7.11 Å². The van der Waals surface area contributed by atoms with Gasteiger partial charge in [0.1, 0.15) is 0 Å². The first-order chi connectivity index (χ1) is 8.61. The molecular weight excluding hydrogens is 232 g/mol. The van der Waals surface area contributed by atoms with Gasteiger partial charge < -0.3 is 9.64 Å². The predicted molar refractivity (Wildman–Crippen MR) is 69.1 cm³/mol. The van der Waals surface area contributed by atoms with E-state index in [1.807, 2.05) is 12.1 Å². The van der Waals surface area contributed by atoms with Crippen LogP contribution in [0.25, 0.3) is 0 Å². The second-order valence-electron chi connectivity index (χ2n) is 4.77. The minimum absolute atomic E-state index is 0.0363. The maximum Gasteiger partial charge on any atom is 0.310 e. The molecule has 2 rings (SSSR count). The van der Waals surface area contributed by atoms with E-state index in [-0.39, 0.29) is 5.69 Å². The van der Waals surface area contributed by atoms with Crippen LogP contribution in [0.5, 0.6) is 5.75 Å². The molecule has 1 aliphatic rings. The van der Waals surface area contributed by atoms with Gasteiger partial charge in [-0.15, -0.1) is 0 Å². The highest BCUT2D eigenvalue weighted by atomic mass is 16.6. The van der Waals surface area contributed by atoms with Crippen molar-refractivity contribution in [2.75, 3.05) is 27.2 Å². The van der Waals surface area contributed by atoms with Crippen molar-refractivity contribution in [1.29, 1.82) is 0 Å². The normalized spacial score (nSPS) is 17.7. The molecule has 1 aromatic carbocycles. The highest BCUT2D eigenvalue weighted by molar-refractivity contribution is 5.49. The lowest BCUT2D eigenvalue weighted by molar-refractivity contribution is -0.385. The number of nitro benzene ring substituents is 1. The summed E-state index contributed by atoms with van der Waals surface area (Å²) in [6, 6.07) is 5.22. The second-order valence-corrected chi connectivity index (χ2v) is 4.77. The van der Waals surface area contributed by atoms with E-state index in [4.69, 9.17) is 4.74 Å². The van der Waals surface area contributed by atoms with Crippen molar-refractivity contribution in [2.24, 2.45) is 0 Å². The number of hydrogen-bond acceptors (Lipinski definition) is 4. The third-order valence-corrected chi connectivity index (χ3v) is 3.59. The van der Waals surface area contributed by atoms with Crippen LogP contribution in [-0.4, -0.2) is 37.1 Å². The van der Waals surface area contributed by atoms with E-state index in [1.54, 1.807) is 6.07 Å². The highest BCUT2D eigenvalue weighted by Gasteiger charge is 2.21. The van der Waals surface area contributed by atoms with Gasteiger partial charge in [0, 0.05) is 6.07 Å². The molecule has 5 heteroatoms. The number of methoxy groups -OCH3 is 1. The van der Waals surface area contributed by atoms with Gasteiger partial charge in [-0.1, -0.05) is 6.07 Å². The van der Waals surface area contributed by atoms with Gasteiger partial charge in [-0.3, -0.25) is 10.1 Å². The second kappa shape index (κ2) is 5.35. The van der Waals surface area contributed by atoms with Gasteiger partial charge in [0.05, 0.1) is 12.0 Å². The van der Waals surface area contributed by atoms with Gasteiger partial charge in [0.25, 0.3) is 0 Å². The monoisotopic (exact) mass is 250 g/mol. The Balaban J connectivity index is 2.22. The molecule has 0 amide bonds. The molecule has 1 aliphatic heterocycles. The third-order valence-electron chi connectivity index (χ3n) is 3.59. The Morgan fingerprint density at radius 1 is 1.39 bits per heavy atom. The maximum absolute atomic E-state index is 10.8. The molecule has 0 radical (unpaired) electrons. The van der Waals surface area contributed by atoms with E-state index >= 15 is 0 Å². The molecule has 1 fully saturated rings. The molecule has 1 heterocycles. The molecule has 0 N–H and O–H groups in total. The number of ether oxygens (including phenoxy) is 1. The molecule has 0 aliphatic carbocycles. The fraction of sp³-hybridized carbons (Fsp3) is 0.538. The van der Waals surface area contributed by atoms with Crippen LogP contribution in [-0.2, 0) is 0 Å². The summed E-state index contributed by atoms with van der Waals surface area (Å²) in [5, 5.41) is 10.8. The summed E-state index contributed by atoms with van der Waals surface area (Å²) < 4.78 is 5.11. The molecule has 18 heavy (non-hydrogen) atoms. The van der Waals surface area contributed by atoms with Gasteiger partial charge in [0.15, 0.2) is 5.75 Å². The Hall–Kier alpha value is -1.62. The number of nitrogens with zero attached hydrogens (tertiary/aromatic N) is 2. The molecule has 1 aromatic rings. The fourth-order valence-electron chi connectivity index (χ4n) is 2.44. The summed E-state index contributed by atoms with van der Waals surface area (Å²) in [7, 11) is 3.59. The standard InChI is InChI=1S/C13H18N2O3/c1-14-7-5-10(6-8-14)11-3-4-12(15(16)17)13(9-11)18-2/h3-4,9-10H,5-8H2,1-2H3. The molecule has 0 spiro atoms. The maximum atomic E-state index is 10.8. The van der Waals surface area contributed by atoms with Gasteiger partial charge in [-0.25, -0.2) is 0 Å². The third kappa shape index (κ3) is 2.61. The van der Waals surface area contributed by atoms with Crippen molar-refractivity contribution in [3.63, 3.8) is 0 Å². The number of likely N-dealkylation sites (tertiary alicyclic amines) is 1. The van der Waals surface area contributed by atoms with Crippen LogP contribution in [0, 0.1) is 10.1 Å². The van der Waals surface area contributed by atoms with Crippen LogP contribution < -0.4 is 4.74 Å². The molecule has 1 saturated heterocycles. The number of hydrogen-bond donors (Lipinski definition) is 0. The lowest BCUT2D eigenvalue weighted by Gasteiger charge is -2.29. The molecule has 0 atom stereocenters. The lowest BCUT2D eigenvalue weighted by atomic mass is 9.89. The van der Waals surface area contributed by atoms with Gasteiger partial charge >= 0.3 is 5.69 Å². The fourth-order valence-corrected chi connectivity index (χ4v) is 2.44. The van der Waals surface area contributed by atoms with Crippen LogP contribution >= 0.6 is 0 Å². The molecule has 98 valence electrons. The smallest absolute Gasteiger partial charge is 0.310 e. The predicted octanol–water partition coefficient (Wildman–Crippen LogP) is 2.41. The zero-order valence-electron chi connectivity index (χ0n) is 10.8. The molecule has 0 bridgehead atoms. The van der Waals surface area contributed by atoms with E-state index in [0.717, 1.165) is 31.5 Å². The highest BCUT2D eigenvalue weighted by Crippen LogP contribution is 2.34. The van der Waals surface area contributed by atoms with Crippen molar-refractivity contribution in [1.82, 2.24) is 4.90 Å². The number of rotatable bonds is 3. The molecule has 0 saturated carbocycles. The lowest BCUT2D eigenvalue weighted by Crippen LogP contribution is -2.29. The van der Waals surface area contributed by atoms with Gasteiger partial charge in [0.2, 0.25) is 0 Å². The largest absolute Gasteiger partial charge is 0.490 e. The van der Waals surface area contributed by atoms with Crippen LogP contribution in [0.4, 0.5) is 5.69 Å². The van der Waals surface area contributed by atoms with Gasteiger partial charge in [-0.05, 0) is 50.5 Å². The Kier molecular flexibility index (Phi) is 3.81. The van der Waals surface area contributed by atoms with E-state index in [2.05, 4.69) is 11.9 Å². The Labute approximate surface area is 107 Å². The van der Waals surface area contributed by atoms with Crippen molar-refractivity contribution >= 4 is 5.69 Å². The molecular formula is C13H18N2O3. The Morgan fingerprint density at radius 2 is 2.06 bits per heavy atom. The molecule has 0 aromatic heterocycles. The van der Waals surface area contributed by atoms with Crippen molar-refractivity contribution in [3.05, 3.63) is 33.9 Å². The first-order valence-electron chi connectivity index (χ1n) is 6.12. The number of nitro groups is 1. The first-order valence-corrected chi connectivity index (χ1v) is 6.12. The van der Waals surface area contributed by atoms with Gasteiger partial charge in [-0.2, -0.15) is 0 Å². The van der Waals surface area contributed by atoms with Crippen molar-refractivity contribution < 1.29 is 9.66 Å². The first kappa shape index (κ1) is 12.8. The van der Waals surface area contributed by atoms with Crippen LogP contribution in [0.1, 0.15) is 24.3 Å². The molecule has 0 unspecified atom stereocenters. The van der Waals surface area contributed by atoms with Crippen molar-refractivity contribution in [3.8, 4) is 5.75 Å². The molecule has 5 nitrogen and oxygen atoms in total. The summed E-state index contributed by atoms with van der Waals surface area (Å²) in [6.45, 7) is 2.15. The van der Waals surface area contributed by atoms with Crippen molar-refractivity contribution in [2.45, 2.75) is 18.8 Å². The SMILES string of the molecule is COc1cc(C2CCN(C)CC2)ccc1[N+](=O)[O-]. The van der Waals surface area contributed by atoms with Crippen LogP contribution in [0.3, 0.4) is 0 Å². The topological polar surface area (TPSA) is 55.6 Å². The summed E-state index contributed by atoms with van der Waals surface area (Å²) >= 11 is 0. The quantitative estimate of drug-likeness (QED) is 0.610. The zero-order chi connectivity index (χ0) is 13.1. The van der Waals surface area contributed by atoms with E-state index in [0.29, 0.717) is 11.7 Å². The average Bonchev–Trinajstić information content (AvgIpc) is 2.38. The Bertz CT molecular complexity index is 440. The summed E-state index contributed by atoms with van der Waals surface area (Å²) in [4.78, 5) is 12.7. The minimum atomic E-state index is -0.405. The van der Waals surface area contributed by atoms with E-state index < -0.39 is 4.92 Å². The van der Waals surface area contributed by atoms with E-state index in [9.17, 15) is 10.1 Å². The number of piperidine rings is 1. The summed E-state index contributed by atoms with van der Waals surface area (Å²) in [6.07, 6.45) is 2.19. The average molecular weight is 250 g/mol. The summed E-state index contributed by atoms with van der Waals surface area (Å²) in [5.41, 5.74) is 1.18. The zero-order valence-corrected chi connectivity index (χ0v) is 10.8. The minimum Gasteiger partial charge on any atom is -0.490 e. The number of benzene rings is 1.